The minimum Gasteiger partial charge on any atom is -0.497 e. The van der Waals surface area contributed by atoms with E-state index in [2.05, 4.69) is 0 Å². The zero-order chi connectivity index (χ0) is 13.1. The number of hydrogen-bond acceptors (Lipinski definition) is 4. The number of nitrogens with zero attached hydrogens (tertiary/aromatic N) is 1. The van der Waals surface area contributed by atoms with Gasteiger partial charge in [0.25, 0.3) is 0 Å². The lowest BCUT2D eigenvalue weighted by molar-refractivity contribution is -0.402. The zero-order valence-electron chi connectivity index (χ0n) is 9.50. The zero-order valence-corrected chi connectivity index (χ0v) is 10.3. The van der Waals surface area contributed by atoms with Crippen LogP contribution in [0.2, 0.25) is 0 Å². The topological polar surface area (TPSA) is 65.5 Å². The van der Waals surface area contributed by atoms with E-state index in [0.717, 1.165) is 5.56 Å². The van der Waals surface area contributed by atoms with Crippen molar-refractivity contribution in [2.45, 2.75) is 5.38 Å². The van der Waals surface area contributed by atoms with Gasteiger partial charge in [0.2, 0.25) is 0 Å². The van der Waals surface area contributed by atoms with Crippen molar-refractivity contribution in [2.24, 2.45) is 0 Å². The molecule has 1 atom stereocenters. The smallest absolute Gasteiger partial charge is 0.433 e. The van der Waals surface area contributed by atoms with E-state index in [9.17, 15) is 10.1 Å². The van der Waals surface area contributed by atoms with E-state index in [4.69, 9.17) is 20.8 Å². The van der Waals surface area contributed by atoms with Gasteiger partial charge in [-0.2, -0.15) is 0 Å². The molecule has 1 heterocycles. The highest BCUT2D eigenvalue weighted by Gasteiger charge is 2.19. The molecule has 5 nitrogen and oxygen atoms in total. The second-order valence-electron chi connectivity index (χ2n) is 3.57. The van der Waals surface area contributed by atoms with Crippen molar-refractivity contribution in [3.05, 3.63) is 57.8 Å². The molecule has 0 radical (unpaired) electrons. The van der Waals surface area contributed by atoms with Crippen LogP contribution in [0.25, 0.3) is 0 Å². The van der Waals surface area contributed by atoms with Crippen molar-refractivity contribution >= 4 is 17.5 Å². The molecule has 0 saturated carbocycles. The lowest BCUT2D eigenvalue weighted by Crippen LogP contribution is -1.92. The molecule has 0 aliphatic carbocycles. The summed E-state index contributed by atoms with van der Waals surface area (Å²) in [5.74, 6) is 0.741. The number of hydrogen-bond donors (Lipinski definition) is 0. The summed E-state index contributed by atoms with van der Waals surface area (Å²) in [6.07, 6.45) is 0. The van der Waals surface area contributed by atoms with Crippen LogP contribution in [-0.4, -0.2) is 12.0 Å². The second kappa shape index (κ2) is 5.10. The van der Waals surface area contributed by atoms with Gasteiger partial charge in [-0.3, -0.25) is 10.1 Å². The third-order valence-corrected chi connectivity index (χ3v) is 2.92. The first-order valence-corrected chi connectivity index (χ1v) is 5.57. The molecule has 0 amide bonds. The molecule has 1 aromatic carbocycles. The van der Waals surface area contributed by atoms with Gasteiger partial charge >= 0.3 is 5.88 Å². The highest BCUT2D eigenvalue weighted by Crippen LogP contribution is 2.32. The maximum atomic E-state index is 10.5. The van der Waals surface area contributed by atoms with Crippen LogP contribution in [0.1, 0.15) is 16.7 Å². The number of alkyl halides is 1. The highest BCUT2D eigenvalue weighted by atomic mass is 35.5. The van der Waals surface area contributed by atoms with Gasteiger partial charge in [0.1, 0.15) is 21.8 Å². The summed E-state index contributed by atoms with van der Waals surface area (Å²) in [5.41, 5.74) is 0.779. The van der Waals surface area contributed by atoms with Crippen molar-refractivity contribution in [1.82, 2.24) is 0 Å². The molecule has 0 N–H and O–H groups in total. The van der Waals surface area contributed by atoms with E-state index in [1.807, 2.05) is 0 Å². The quantitative estimate of drug-likeness (QED) is 0.483. The third kappa shape index (κ3) is 2.46. The fraction of sp³-hybridized carbons (Fsp3) is 0.167. The summed E-state index contributed by atoms with van der Waals surface area (Å²) in [6, 6.07) is 9.88. The number of furan rings is 1. The predicted molar refractivity (Wildman–Crippen MR) is 66.1 cm³/mol. The van der Waals surface area contributed by atoms with E-state index in [1.54, 1.807) is 31.4 Å². The molecule has 1 unspecified atom stereocenters. The Balaban J connectivity index is 2.23. The fourth-order valence-corrected chi connectivity index (χ4v) is 1.78. The molecule has 0 fully saturated rings. The van der Waals surface area contributed by atoms with Crippen LogP contribution in [0.5, 0.6) is 5.75 Å². The van der Waals surface area contributed by atoms with E-state index in [0.29, 0.717) is 11.5 Å². The van der Waals surface area contributed by atoms with Crippen LogP contribution < -0.4 is 4.74 Å². The summed E-state index contributed by atoms with van der Waals surface area (Å²) in [5, 5.41) is 9.94. The van der Waals surface area contributed by atoms with Crippen LogP contribution in [0.3, 0.4) is 0 Å². The molecule has 6 heteroatoms. The van der Waals surface area contributed by atoms with Gasteiger partial charge in [-0.05, 0) is 23.8 Å². The third-order valence-electron chi connectivity index (χ3n) is 2.45. The Kier molecular flexibility index (Phi) is 3.53. The van der Waals surface area contributed by atoms with Crippen molar-refractivity contribution in [1.29, 1.82) is 0 Å². The summed E-state index contributed by atoms with van der Waals surface area (Å²) in [7, 11) is 1.57. The van der Waals surface area contributed by atoms with E-state index in [-0.39, 0.29) is 5.88 Å². The molecule has 0 saturated heterocycles. The summed E-state index contributed by atoms with van der Waals surface area (Å²) in [6.45, 7) is 0. The molecule has 2 aromatic rings. The summed E-state index contributed by atoms with van der Waals surface area (Å²) < 4.78 is 10.1. The highest BCUT2D eigenvalue weighted by molar-refractivity contribution is 6.22. The molecule has 18 heavy (non-hydrogen) atoms. The predicted octanol–water partition coefficient (Wildman–Crippen LogP) is 3.52. The number of ether oxygens (including phenoxy) is 1. The van der Waals surface area contributed by atoms with Crippen LogP contribution in [0.4, 0.5) is 5.88 Å². The number of benzene rings is 1. The van der Waals surface area contributed by atoms with Crippen LogP contribution in [-0.2, 0) is 0 Å². The summed E-state index contributed by atoms with van der Waals surface area (Å²) in [4.78, 5) is 9.91. The molecular formula is C12H10ClNO4. The van der Waals surface area contributed by atoms with Gasteiger partial charge in [-0.15, -0.1) is 11.6 Å². The van der Waals surface area contributed by atoms with Crippen LogP contribution >= 0.6 is 11.6 Å². The second-order valence-corrected chi connectivity index (χ2v) is 4.01. The van der Waals surface area contributed by atoms with Crippen LogP contribution in [0, 0.1) is 10.1 Å². The lowest BCUT2D eigenvalue weighted by atomic mass is 10.1. The van der Waals surface area contributed by atoms with Gasteiger partial charge in [-0.25, -0.2) is 0 Å². The van der Waals surface area contributed by atoms with Gasteiger partial charge in [-0.1, -0.05) is 12.1 Å². The lowest BCUT2D eigenvalue weighted by Gasteiger charge is -2.07. The first-order valence-electron chi connectivity index (χ1n) is 5.14. The Morgan fingerprint density at radius 3 is 2.44 bits per heavy atom. The standard InChI is InChI=1S/C12H10ClNO4/c1-17-9-4-2-8(3-5-9)12(13)10-6-7-11(18-10)14(15)16/h2-7,12H,1H3. The van der Waals surface area contributed by atoms with Gasteiger partial charge in [0.15, 0.2) is 0 Å². The number of nitro groups is 1. The Morgan fingerprint density at radius 1 is 1.28 bits per heavy atom. The molecule has 1 aromatic heterocycles. The fourth-order valence-electron chi connectivity index (χ4n) is 1.51. The van der Waals surface area contributed by atoms with Crippen molar-refractivity contribution in [2.75, 3.05) is 7.11 Å². The molecule has 2 rings (SSSR count). The average Bonchev–Trinajstić information content (AvgIpc) is 2.88. The van der Waals surface area contributed by atoms with Gasteiger partial charge < -0.3 is 9.15 Å². The largest absolute Gasteiger partial charge is 0.497 e. The minimum absolute atomic E-state index is 0.316. The Hall–Kier alpha value is -2.01. The van der Waals surface area contributed by atoms with Crippen LogP contribution in [0.15, 0.2) is 40.8 Å². The molecule has 94 valence electrons. The SMILES string of the molecule is COc1ccc(C(Cl)c2ccc([N+](=O)[O-])o2)cc1. The molecule has 0 aliphatic rings. The van der Waals surface area contributed by atoms with Crippen molar-refractivity contribution in [3.63, 3.8) is 0 Å². The Morgan fingerprint density at radius 2 is 1.94 bits per heavy atom. The molecule has 0 spiro atoms. The minimum atomic E-state index is -0.596. The first-order chi connectivity index (χ1) is 8.61. The van der Waals surface area contributed by atoms with Crippen molar-refractivity contribution in [3.8, 4) is 5.75 Å². The van der Waals surface area contributed by atoms with Crippen molar-refractivity contribution < 1.29 is 14.1 Å². The number of halogens is 1. The number of rotatable bonds is 4. The van der Waals surface area contributed by atoms with E-state index < -0.39 is 10.3 Å². The molecule has 0 aliphatic heterocycles. The molecular weight excluding hydrogens is 258 g/mol. The van der Waals surface area contributed by atoms with Gasteiger partial charge in [0.05, 0.1) is 13.2 Å². The Labute approximate surface area is 108 Å². The number of methoxy groups -OCH3 is 1. The summed E-state index contributed by atoms with van der Waals surface area (Å²) >= 11 is 6.19. The normalized spacial score (nSPS) is 12.1. The first kappa shape index (κ1) is 12.4. The average molecular weight is 268 g/mol. The molecule has 0 bridgehead atoms. The monoisotopic (exact) mass is 267 g/mol. The van der Waals surface area contributed by atoms with E-state index >= 15 is 0 Å². The van der Waals surface area contributed by atoms with Gasteiger partial charge in [0, 0.05) is 0 Å². The maximum absolute atomic E-state index is 10.5. The Bertz CT molecular complexity index is 549. The van der Waals surface area contributed by atoms with E-state index in [1.165, 1.54) is 12.1 Å². The maximum Gasteiger partial charge on any atom is 0.433 e.